The van der Waals surface area contributed by atoms with Gasteiger partial charge < -0.3 is 19.8 Å². The van der Waals surface area contributed by atoms with Crippen LogP contribution >= 0.6 is 7.82 Å². The third-order valence-electron chi connectivity index (χ3n) is 16.6. The van der Waals surface area contributed by atoms with E-state index in [9.17, 15) is 19.4 Å². The molecule has 0 spiro atoms. The Morgan fingerprint density at radius 2 is 0.690 bits per heavy atom. The topological polar surface area (TPSA) is 105 Å². The van der Waals surface area contributed by atoms with E-state index < -0.39 is 20.0 Å². The summed E-state index contributed by atoms with van der Waals surface area (Å²) in [6, 6.07) is -0.852. The quantitative estimate of drug-likeness (QED) is 0.0243. The first kappa shape index (κ1) is 84.4. The molecule has 3 N–H and O–H groups in total. The van der Waals surface area contributed by atoms with Gasteiger partial charge in [0.2, 0.25) is 5.91 Å². The number of nitrogens with one attached hydrogen (secondary N) is 1. The van der Waals surface area contributed by atoms with Crippen LogP contribution in [-0.2, 0) is 18.4 Å². The molecular formula is C78H144N2O6P+. The van der Waals surface area contributed by atoms with Crippen LogP contribution in [-0.4, -0.2) is 73.4 Å². The number of nitrogens with zero attached hydrogens (tertiary/aromatic N) is 1. The first-order valence-electron chi connectivity index (χ1n) is 37.1. The van der Waals surface area contributed by atoms with Crippen molar-refractivity contribution in [1.29, 1.82) is 0 Å². The lowest BCUT2D eigenvalue weighted by atomic mass is 10.0. The maximum atomic E-state index is 13.1. The van der Waals surface area contributed by atoms with Crippen molar-refractivity contribution in [2.75, 3.05) is 40.9 Å². The van der Waals surface area contributed by atoms with Crippen molar-refractivity contribution in [2.24, 2.45) is 0 Å². The number of aliphatic hydroxyl groups is 1. The van der Waals surface area contributed by atoms with E-state index in [1.54, 1.807) is 6.08 Å². The number of carbonyl (C=O) groups is 1. The number of aliphatic hydroxyl groups excluding tert-OH is 1. The molecule has 506 valence electrons. The van der Waals surface area contributed by atoms with Gasteiger partial charge in [0.15, 0.2) is 0 Å². The van der Waals surface area contributed by atoms with Crippen molar-refractivity contribution in [3.8, 4) is 0 Å². The number of amides is 1. The van der Waals surface area contributed by atoms with Crippen LogP contribution < -0.4 is 5.32 Å². The highest BCUT2D eigenvalue weighted by Gasteiger charge is 2.28. The van der Waals surface area contributed by atoms with Crippen molar-refractivity contribution in [3.63, 3.8) is 0 Å². The molecule has 0 aromatic rings. The fraction of sp³-hybridized carbons (Fsp3) is 0.782. The molecule has 0 saturated heterocycles. The first-order chi connectivity index (χ1) is 42.5. The van der Waals surface area contributed by atoms with E-state index in [4.69, 9.17) is 9.05 Å². The summed E-state index contributed by atoms with van der Waals surface area (Å²) in [7, 11) is 1.58. The van der Waals surface area contributed by atoms with Crippen molar-refractivity contribution in [3.05, 3.63) is 97.2 Å². The Balaban J connectivity index is 4.02. The highest BCUT2D eigenvalue weighted by Crippen LogP contribution is 2.43. The molecule has 0 fully saturated rings. The van der Waals surface area contributed by atoms with E-state index in [1.165, 1.54) is 238 Å². The summed E-state index contributed by atoms with van der Waals surface area (Å²) in [4.78, 5) is 23.5. The maximum Gasteiger partial charge on any atom is 0.472 e. The van der Waals surface area contributed by atoms with Gasteiger partial charge in [0, 0.05) is 6.42 Å². The smallest absolute Gasteiger partial charge is 0.387 e. The fourth-order valence-electron chi connectivity index (χ4n) is 10.9. The van der Waals surface area contributed by atoms with Crippen LogP contribution in [0, 0.1) is 0 Å². The molecule has 0 aromatic heterocycles. The monoisotopic (exact) mass is 1240 g/mol. The average Bonchev–Trinajstić information content (AvgIpc) is 3.69. The molecule has 87 heavy (non-hydrogen) atoms. The van der Waals surface area contributed by atoms with Gasteiger partial charge in [-0.25, -0.2) is 4.57 Å². The van der Waals surface area contributed by atoms with Gasteiger partial charge in [0.25, 0.3) is 0 Å². The summed E-state index contributed by atoms with van der Waals surface area (Å²) in [5.74, 6) is -0.174. The Bertz CT molecular complexity index is 1740. The van der Waals surface area contributed by atoms with E-state index in [0.717, 1.165) is 83.5 Å². The van der Waals surface area contributed by atoms with Crippen LogP contribution in [0.1, 0.15) is 341 Å². The first-order valence-corrected chi connectivity index (χ1v) is 38.6. The van der Waals surface area contributed by atoms with Crippen LogP contribution in [0.5, 0.6) is 0 Å². The summed E-state index contributed by atoms with van der Waals surface area (Å²) in [6.07, 6.45) is 98.5. The molecule has 9 heteroatoms. The number of phosphoric ester groups is 1. The molecule has 3 unspecified atom stereocenters. The Hall–Kier alpha value is -2.58. The largest absolute Gasteiger partial charge is 0.472 e. The highest BCUT2D eigenvalue weighted by molar-refractivity contribution is 7.47. The highest BCUT2D eigenvalue weighted by atomic mass is 31.2. The third-order valence-corrected chi connectivity index (χ3v) is 17.5. The van der Waals surface area contributed by atoms with Gasteiger partial charge in [-0.15, -0.1) is 0 Å². The third kappa shape index (κ3) is 70.7. The van der Waals surface area contributed by atoms with E-state index >= 15 is 0 Å². The number of hydrogen-bond acceptors (Lipinski definition) is 5. The molecule has 0 aliphatic rings. The average molecular weight is 1240 g/mol. The summed E-state index contributed by atoms with van der Waals surface area (Å²) >= 11 is 0. The number of phosphoric acid groups is 1. The van der Waals surface area contributed by atoms with Gasteiger partial charge in [-0.2, -0.15) is 0 Å². The van der Waals surface area contributed by atoms with Crippen LogP contribution in [0.2, 0.25) is 0 Å². The van der Waals surface area contributed by atoms with Crippen LogP contribution in [0.25, 0.3) is 0 Å². The van der Waals surface area contributed by atoms with Crippen molar-refractivity contribution >= 4 is 13.7 Å². The number of quaternary nitrogens is 1. The maximum absolute atomic E-state index is 13.1. The van der Waals surface area contributed by atoms with Gasteiger partial charge in [-0.05, 0) is 77.0 Å². The minimum absolute atomic E-state index is 0.0602. The van der Waals surface area contributed by atoms with Crippen molar-refractivity contribution in [1.82, 2.24) is 5.32 Å². The molecule has 0 saturated carbocycles. The molecule has 3 atom stereocenters. The predicted molar refractivity (Wildman–Crippen MR) is 383 cm³/mol. The number of rotatable bonds is 68. The van der Waals surface area contributed by atoms with Gasteiger partial charge in [-0.1, -0.05) is 355 Å². The zero-order valence-electron chi connectivity index (χ0n) is 58.0. The van der Waals surface area contributed by atoms with E-state index in [1.807, 2.05) is 27.2 Å². The van der Waals surface area contributed by atoms with Gasteiger partial charge >= 0.3 is 7.82 Å². The molecule has 1 amide bonds. The number of hydrogen-bond donors (Lipinski definition) is 3. The molecule has 0 aromatic carbocycles. The predicted octanol–water partition coefficient (Wildman–Crippen LogP) is 24.1. The second-order valence-corrected chi connectivity index (χ2v) is 27.7. The molecule has 0 radical (unpaired) electrons. The standard InChI is InChI=1S/C78H143N2O6P/c1-6-8-10-12-14-16-18-20-22-24-26-28-30-32-34-35-36-37-38-39-40-41-42-43-44-45-46-48-50-52-54-56-58-60-62-64-66-68-70-72-78(82)79-76(75-86-87(83,84)85-74-73-80(3,4)5)77(81)71-69-67-65-63-61-59-57-55-53-51-49-47-33-31-29-27-25-23-21-19-17-15-13-11-9-7-2/h8,10,14,16,20,22,26,28,32,34,36-37,39-40,69,71,76-77,81H,6-7,9,11-13,15,17-19,21,23-25,27,29-31,33,35,38,41-68,70,72-75H2,1-5H3,(H-,79,82,83,84)/p+1/b10-8-,16-14-,22-20-,28-26-,34-32-,37-36-,40-39-,71-69+. The van der Waals surface area contributed by atoms with Crippen molar-refractivity contribution in [2.45, 2.75) is 353 Å². The summed E-state index contributed by atoms with van der Waals surface area (Å²) in [6.45, 7) is 4.74. The Labute approximate surface area is 540 Å². The molecule has 0 heterocycles. The fourth-order valence-corrected chi connectivity index (χ4v) is 11.6. The van der Waals surface area contributed by atoms with E-state index in [-0.39, 0.29) is 19.1 Å². The SMILES string of the molecule is CC/C=C\C/C=C\C/C=C\C/C=C\C/C=C\C/C=C\C/C=C\CCCCCCCCCCCCCCCCCCCC(=O)NC(COP(=O)(O)OCC[N+](C)(C)C)C(O)/C=C/CCCCCCCCCCCCCCCCCCCCCCCCCC. The zero-order valence-corrected chi connectivity index (χ0v) is 58.9. The van der Waals surface area contributed by atoms with E-state index in [0.29, 0.717) is 17.4 Å². The second kappa shape index (κ2) is 67.8. The zero-order chi connectivity index (χ0) is 63.4. The Kier molecular flexibility index (Phi) is 65.8. The number of likely N-dealkylation sites (N-methyl/N-ethyl adjacent to an activating group) is 1. The molecule has 0 aliphatic carbocycles. The lowest BCUT2D eigenvalue weighted by Gasteiger charge is -2.25. The van der Waals surface area contributed by atoms with Crippen LogP contribution in [0.3, 0.4) is 0 Å². The Morgan fingerprint density at radius 1 is 0.402 bits per heavy atom. The summed E-state index contributed by atoms with van der Waals surface area (Å²) in [5, 5.41) is 14.0. The van der Waals surface area contributed by atoms with Gasteiger partial charge in [0.1, 0.15) is 13.2 Å². The summed E-state index contributed by atoms with van der Waals surface area (Å²) < 4.78 is 23.9. The lowest BCUT2D eigenvalue weighted by molar-refractivity contribution is -0.870. The normalized spacial score (nSPS) is 14.1. The number of unbranched alkanes of at least 4 members (excludes halogenated alkanes) is 41. The molecule has 0 rings (SSSR count). The van der Waals surface area contributed by atoms with Crippen LogP contribution in [0.15, 0.2) is 97.2 Å². The van der Waals surface area contributed by atoms with Crippen molar-refractivity contribution < 1.29 is 32.9 Å². The number of allylic oxidation sites excluding steroid dienone is 15. The van der Waals surface area contributed by atoms with Crippen LogP contribution in [0.4, 0.5) is 0 Å². The van der Waals surface area contributed by atoms with Gasteiger partial charge in [-0.3, -0.25) is 13.8 Å². The molecule has 8 nitrogen and oxygen atoms in total. The molecular weight excluding hydrogens is 1090 g/mol. The lowest BCUT2D eigenvalue weighted by Crippen LogP contribution is -2.45. The molecule has 0 aliphatic heterocycles. The summed E-state index contributed by atoms with van der Waals surface area (Å²) in [5.41, 5.74) is 0. The minimum Gasteiger partial charge on any atom is -0.387 e. The molecule has 0 bridgehead atoms. The number of carbonyl (C=O) groups excluding carboxylic acids is 1. The Morgan fingerprint density at radius 3 is 1.01 bits per heavy atom. The second-order valence-electron chi connectivity index (χ2n) is 26.3. The minimum atomic E-state index is -4.36. The van der Waals surface area contributed by atoms with Gasteiger partial charge in [0.05, 0.1) is 39.9 Å². The van der Waals surface area contributed by atoms with E-state index in [2.05, 4.69) is 104 Å².